The van der Waals surface area contributed by atoms with Gasteiger partial charge < -0.3 is 15.5 Å². The van der Waals surface area contributed by atoms with Crippen molar-refractivity contribution in [1.82, 2.24) is 9.97 Å². The van der Waals surface area contributed by atoms with Crippen molar-refractivity contribution in [2.24, 2.45) is 5.73 Å². The summed E-state index contributed by atoms with van der Waals surface area (Å²) in [6, 6.07) is 6.14. The first-order chi connectivity index (χ1) is 8.17. The minimum atomic E-state index is 0.433. The number of nitrogens with two attached hydrogens (primary N) is 1. The summed E-state index contributed by atoms with van der Waals surface area (Å²) in [4.78, 5) is 7.29. The SMILES string of the molecule is Cc1cc(C)cc(OCc2ncc(CN)[nH]2)c1. The van der Waals surface area contributed by atoms with E-state index in [0.717, 1.165) is 17.3 Å². The number of nitrogens with one attached hydrogen (secondary N) is 1. The number of aromatic nitrogens is 2. The summed E-state index contributed by atoms with van der Waals surface area (Å²) in [5.41, 5.74) is 8.81. The quantitative estimate of drug-likeness (QED) is 0.846. The summed E-state index contributed by atoms with van der Waals surface area (Å²) >= 11 is 0. The summed E-state index contributed by atoms with van der Waals surface area (Å²) in [5, 5.41) is 0. The summed E-state index contributed by atoms with van der Waals surface area (Å²) in [6.07, 6.45) is 1.74. The molecule has 0 amide bonds. The van der Waals surface area contributed by atoms with Gasteiger partial charge in [-0.2, -0.15) is 0 Å². The van der Waals surface area contributed by atoms with Gasteiger partial charge in [0.05, 0.1) is 0 Å². The van der Waals surface area contributed by atoms with Gasteiger partial charge in [-0.1, -0.05) is 6.07 Å². The number of imidazole rings is 1. The van der Waals surface area contributed by atoms with Crippen molar-refractivity contribution in [2.45, 2.75) is 27.0 Å². The van der Waals surface area contributed by atoms with E-state index in [-0.39, 0.29) is 0 Å². The van der Waals surface area contributed by atoms with Crippen LogP contribution in [0.5, 0.6) is 5.75 Å². The molecule has 0 aliphatic rings. The monoisotopic (exact) mass is 231 g/mol. The molecule has 1 aromatic carbocycles. The maximum Gasteiger partial charge on any atom is 0.146 e. The van der Waals surface area contributed by atoms with Gasteiger partial charge in [-0.25, -0.2) is 4.98 Å². The van der Waals surface area contributed by atoms with E-state index in [9.17, 15) is 0 Å². The van der Waals surface area contributed by atoms with E-state index in [1.54, 1.807) is 6.20 Å². The Labute approximate surface area is 101 Å². The zero-order valence-corrected chi connectivity index (χ0v) is 10.2. The van der Waals surface area contributed by atoms with Crippen LogP contribution in [-0.2, 0) is 13.2 Å². The number of ether oxygens (including phenoxy) is 1. The summed E-state index contributed by atoms with van der Waals surface area (Å²) < 4.78 is 5.68. The molecule has 4 nitrogen and oxygen atoms in total. The number of H-pyrrole nitrogens is 1. The van der Waals surface area contributed by atoms with Crippen molar-refractivity contribution < 1.29 is 4.74 Å². The summed E-state index contributed by atoms with van der Waals surface area (Å²) in [7, 11) is 0. The van der Waals surface area contributed by atoms with Crippen LogP contribution in [0.4, 0.5) is 0 Å². The normalized spacial score (nSPS) is 10.5. The minimum Gasteiger partial charge on any atom is -0.486 e. The highest BCUT2D eigenvalue weighted by Gasteiger charge is 2.01. The first kappa shape index (κ1) is 11.7. The Morgan fingerprint density at radius 2 is 1.94 bits per heavy atom. The molecule has 0 fully saturated rings. The molecule has 17 heavy (non-hydrogen) atoms. The van der Waals surface area contributed by atoms with Crippen molar-refractivity contribution in [3.05, 3.63) is 47.0 Å². The number of hydrogen-bond acceptors (Lipinski definition) is 3. The minimum absolute atomic E-state index is 0.433. The molecule has 0 aliphatic carbocycles. The predicted molar refractivity (Wildman–Crippen MR) is 66.7 cm³/mol. The van der Waals surface area contributed by atoms with E-state index in [2.05, 4.69) is 29.9 Å². The van der Waals surface area contributed by atoms with E-state index < -0.39 is 0 Å². The average Bonchev–Trinajstić information content (AvgIpc) is 2.73. The Morgan fingerprint density at radius 3 is 2.53 bits per heavy atom. The van der Waals surface area contributed by atoms with Gasteiger partial charge in [-0.3, -0.25) is 0 Å². The number of aromatic amines is 1. The molecule has 0 aliphatic heterocycles. The Bertz CT molecular complexity index is 485. The predicted octanol–water partition coefficient (Wildman–Crippen LogP) is 2.06. The lowest BCUT2D eigenvalue weighted by atomic mass is 10.1. The molecule has 0 saturated carbocycles. The maximum atomic E-state index is 5.68. The van der Waals surface area contributed by atoms with Crippen LogP contribution in [0, 0.1) is 13.8 Å². The van der Waals surface area contributed by atoms with Crippen LogP contribution in [0.25, 0.3) is 0 Å². The standard InChI is InChI=1S/C13H17N3O/c1-9-3-10(2)5-12(4-9)17-8-13-15-7-11(6-14)16-13/h3-5,7H,6,8,14H2,1-2H3,(H,15,16). The molecule has 90 valence electrons. The average molecular weight is 231 g/mol. The molecule has 0 spiro atoms. The molecule has 0 saturated heterocycles. The third-order valence-electron chi connectivity index (χ3n) is 2.47. The largest absolute Gasteiger partial charge is 0.486 e. The molecule has 0 bridgehead atoms. The van der Waals surface area contributed by atoms with Crippen LogP contribution in [0.3, 0.4) is 0 Å². The van der Waals surface area contributed by atoms with Gasteiger partial charge in [0.1, 0.15) is 18.2 Å². The molecule has 1 aromatic heterocycles. The van der Waals surface area contributed by atoms with Crippen LogP contribution in [-0.4, -0.2) is 9.97 Å². The van der Waals surface area contributed by atoms with Gasteiger partial charge in [-0.05, 0) is 37.1 Å². The van der Waals surface area contributed by atoms with Gasteiger partial charge in [-0.15, -0.1) is 0 Å². The first-order valence-electron chi connectivity index (χ1n) is 5.61. The summed E-state index contributed by atoms with van der Waals surface area (Å²) in [6.45, 7) is 5.01. The van der Waals surface area contributed by atoms with Gasteiger partial charge in [0.2, 0.25) is 0 Å². The molecule has 0 atom stereocenters. The fourth-order valence-corrected chi connectivity index (χ4v) is 1.75. The van der Waals surface area contributed by atoms with Crippen LogP contribution < -0.4 is 10.5 Å². The van der Waals surface area contributed by atoms with Crippen molar-refractivity contribution in [3.63, 3.8) is 0 Å². The van der Waals surface area contributed by atoms with E-state index >= 15 is 0 Å². The molecule has 0 unspecified atom stereocenters. The number of hydrogen-bond donors (Lipinski definition) is 2. The maximum absolute atomic E-state index is 5.68. The van der Waals surface area contributed by atoms with Crippen LogP contribution in [0.2, 0.25) is 0 Å². The first-order valence-corrected chi connectivity index (χ1v) is 5.61. The topological polar surface area (TPSA) is 63.9 Å². The molecule has 2 rings (SSSR count). The van der Waals surface area contributed by atoms with Gasteiger partial charge in [0.15, 0.2) is 0 Å². The third kappa shape index (κ3) is 3.07. The molecule has 4 heteroatoms. The zero-order chi connectivity index (χ0) is 12.3. The van der Waals surface area contributed by atoms with Crippen molar-refractivity contribution in [3.8, 4) is 5.75 Å². The van der Waals surface area contributed by atoms with Crippen LogP contribution >= 0.6 is 0 Å². The lowest BCUT2D eigenvalue weighted by molar-refractivity contribution is 0.296. The van der Waals surface area contributed by atoms with Gasteiger partial charge in [0, 0.05) is 18.4 Å². The lowest BCUT2D eigenvalue weighted by Gasteiger charge is -2.06. The Hall–Kier alpha value is -1.81. The highest BCUT2D eigenvalue weighted by Crippen LogP contribution is 2.17. The Balaban J connectivity index is 2.01. The fraction of sp³-hybridized carbons (Fsp3) is 0.308. The fourth-order valence-electron chi connectivity index (χ4n) is 1.75. The van der Waals surface area contributed by atoms with Crippen molar-refractivity contribution in [1.29, 1.82) is 0 Å². The molecule has 0 radical (unpaired) electrons. The number of rotatable bonds is 4. The second kappa shape index (κ2) is 5.01. The van der Waals surface area contributed by atoms with E-state index in [0.29, 0.717) is 13.2 Å². The van der Waals surface area contributed by atoms with Gasteiger partial charge >= 0.3 is 0 Å². The van der Waals surface area contributed by atoms with E-state index in [1.165, 1.54) is 11.1 Å². The molecule has 1 heterocycles. The van der Waals surface area contributed by atoms with Crippen molar-refractivity contribution >= 4 is 0 Å². The second-order valence-electron chi connectivity index (χ2n) is 4.17. The zero-order valence-electron chi connectivity index (χ0n) is 10.2. The lowest BCUT2D eigenvalue weighted by Crippen LogP contribution is -2.00. The van der Waals surface area contributed by atoms with Crippen LogP contribution in [0.1, 0.15) is 22.6 Å². The Morgan fingerprint density at radius 1 is 1.24 bits per heavy atom. The molecule has 2 aromatic rings. The third-order valence-corrected chi connectivity index (χ3v) is 2.47. The number of benzene rings is 1. The van der Waals surface area contributed by atoms with Crippen LogP contribution in [0.15, 0.2) is 24.4 Å². The highest BCUT2D eigenvalue weighted by molar-refractivity contribution is 5.33. The van der Waals surface area contributed by atoms with Gasteiger partial charge in [0.25, 0.3) is 0 Å². The summed E-state index contributed by atoms with van der Waals surface area (Å²) in [5.74, 6) is 1.66. The smallest absolute Gasteiger partial charge is 0.146 e. The molecule has 3 N–H and O–H groups in total. The molecular formula is C13H17N3O. The number of nitrogens with zero attached hydrogens (tertiary/aromatic N) is 1. The van der Waals surface area contributed by atoms with E-state index in [4.69, 9.17) is 10.5 Å². The van der Waals surface area contributed by atoms with E-state index in [1.807, 2.05) is 12.1 Å². The highest BCUT2D eigenvalue weighted by atomic mass is 16.5. The Kier molecular flexibility index (Phi) is 3.44. The molecular weight excluding hydrogens is 214 g/mol. The van der Waals surface area contributed by atoms with Crippen molar-refractivity contribution in [2.75, 3.05) is 0 Å². The number of aryl methyl sites for hydroxylation is 2. The second-order valence-corrected chi connectivity index (χ2v) is 4.17.